The minimum Gasteiger partial charge on any atom is -0.379 e. The number of nitrogens with zero attached hydrogens (tertiary/aromatic N) is 1. The molecule has 0 spiro atoms. The molecule has 1 amide bonds. The lowest BCUT2D eigenvalue weighted by Gasteiger charge is -2.29. The molecule has 2 fully saturated rings. The van der Waals surface area contributed by atoms with Gasteiger partial charge < -0.3 is 15.4 Å². The van der Waals surface area contributed by atoms with Gasteiger partial charge in [0, 0.05) is 25.7 Å². The number of rotatable bonds is 5. The Hall–Kier alpha value is -0.650. The number of hydrogen-bond acceptors (Lipinski definition) is 4. The first-order chi connectivity index (χ1) is 9.27. The van der Waals surface area contributed by atoms with Crippen molar-refractivity contribution in [3.05, 3.63) is 0 Å². The van der Waals surface area contributed by atoms with Gasteiger partial charge in [0.25, 0.3) is 0 Å². The van der Waals surface area contributed by atoms with Gasteiger partial charge in [0.2, 0.25) is 5.91 Å². The van der Waals surface area contributed by atoms with Crippen LogP contribution in [0.4, 0.5) is 0 Å². The van der Waals surface area contributed by atoms with Crippen molar-refractivity contribution < 1.29 is 9.53 Å². The van der Waals surface area contributed by atoms with E-state index in [1.807, 2.05) is 0 Å². The van der Waals surface area contributed by atoms with E-state index < -0.39 is 0 Å². The maximum absolute atomic E-state index is 12.1. The average Bonchev–Trinajstić information content (AvgIpc) is 2.45. The van der Waals surface area contributed by atoms with Crippen molar-refractivity contribution in [3.8, 4) is 0 Å². The first-order valence-electron chi connectivity index (χ1n) is 7.58. The van der Waals surface area contributed by atoms with Gasteiger partial charge in [-0.2, -0.15) is 0 Å². The number of morpholine rings is 1. The number of nitrogens with one attached hydrogen (secondary N) is 2. The van der Waals surface area contributed by atoms with Crippen LogP contribution in [-0.2, 0) is 9.53 Å². The van der Waals surface area contributed by atoms with Gasteiger partial charge in [-0.15, -0.1) is 0 Å². The number of carbonyl (C=O) groups is 1. The summed E-state index contributed by atoms with van der Waals surface area (Å²) in [4.78, 5) is 14.5. The maximum atomic E-state index is 12.1. The third kappa shape index (κ3) is 4.75. The SMILES string of the molecule is CC1NCCCC1C(=O)NCCCN1CCOCC1. The summed E-state index contributed by atoms with van der Waals surface area (Å²) in [5.41, 5.74) is 0. The molecule has 19 heavy (non-hydrogen) atoms. The van der Waals surface area contributed by atoms with Gasteiger partial charge >= 0.3 is 0 Å². The second kappa shape index (κ2) is 7.82. The number of ether oxygens (including phenoxy) is 1. The van der Waals surface area contributed by atoms with E-state index >= 15 is 0 Å². The zero-order chi connectivity index (χ0) is 13.5. The molecule has 0 aromatic heterocycles. The van der Waals surface area contributed by atoms with E-state index in [9.17, 15) is 4.79 Å². The van der Waals surface area contributed by atoms with Crippen molar-refractivity contribution >= 4 is 5.91 Å². The molecule has 0 aliphatic carbocycles. The normalized spacial score (nSPS) is 29.1. The molecule has 0 bridgehead atoms. The number of amides is 1. The van der Waals surface area contributed by atoms with Gasteiger partial charge in [-0.25, -0.2) is 0 Å². The summed E-state index contributed by atoms with van der Waals surface area (Å²) in [6.45, 7) is 8.74. The van der Waals surface area contributed by atoms with Crippen molar-refractivity contribution in [1.29, 1.82) is 0 Å². The Labute approximate surface area is 116 Å². The van der Waals surface area contributed by atoms with Gasteiger partial charge in [0.15, 0.2) is 0 Å². The van der Waals surface area contributed by atoms with Crippen LogP contribution in [0.15, 0.2) is 0 Å². The van der Waals surface area contributed by atoms with E-state index in [4.69, 9.17) is 4.74 Å². The molecule has 2 aliphatic heterocycles. The zero-order valence-corrected chi connectivity index (χ0v) is 12.0. The smallest absolute Gasteiger partial charge is 0.224 e. The Morgan fingerprint density at radius 3 is 2.95 bits per heavy atom. The number of carbonyl (C=O) groups excluding carboxylic acids is 1. The summed E-state index contributed by atoms with van der Waals surface area (Å²) in [5.74, 6) is 0.374. The fourth-order valence-electron chi connectivity index (χ4n) is 2.87. The van der Waals surface area contributed by atoms with Crippen LogP contribution in [0.2, 0.25) is 0 Å². The van der Waals surface area contributed by atoms with E-state index in [-0.39, 0.29) is 11.8 Å². The van der Waals surface area contributed by atoms with Gasteiger partial charge in [-0.3, -0.25) is 9.69 Å². The van der Waals surface area contributed by atoms with Crippen molar-refractivity contribution in [2.24, 2.45) is 5.92 Å². The molecule has 5 heteroatoms. The third-order valence-electron chi connectivity index (χ3n) is 4.15. The zero-order valence-electron chi connectivity index (χ0n) is 12.0. The van der Waals surface area contributed by atoms with Crippen molar-refractivity contribution in [2.75, 3.05) is 45.9 Å². The van der Waals surface area contributed by atoms with Crippen LogP contribution in [0, 0.1) is 5.92 Å². The van der Waals surface area contributed by atoms with Crippen LogP contribution >= 0.6 is 0 Å². The minimum absolute atomic E-state index is 0.150. The molecular formula is C14H27N3O2. The first-order valence-corrected chi connectivity index (χ1v) is 7.58. The molecule has 0 aromatic rings. The highest BCUT2D eigenvalue weighted by Gasteiger charge is 2.26. The van der Waals surface area contributed by atoms with Gasteiger partial charge in [-0.05, 0) is 39.3 Å². The van der Waals surface area contributed by atoms with E-state index in [0.717, 1.165) is 65.2 Å². The molecule has 0 saturated carbocycles. The lowest BCUT2D eigenvalue weighted by Crippen LogP contribution is -2.47. The highest BCUT2D eigenvalue weighted by atomic mass is 16.5. The summed E-state index contributed by atoms with van der Waals surface area (Å²) in [6.07, 6.45) is 3.15. The monoisotopic (exact) mass is 269 g/mol. The number of piperidine rings is 1. The summed E-state index contributed by atoms with van der Waals surface area (Å²) in [7, 11) is 0. The van der Waals surface area contributed by atoms with Crippen molar-refractivity contribution in [2.45, 2.75) is 32.2 Å². The lowest BCUT2D eigenvalue weighted by atomic mass is 9.91. The van der Waals surface area contributed by atoms with Crippen LogP contribution < -0.4 is 10.6 Å². The van der Waals surface area contributed by atoms with E-state index in [0.29, 0.717) is 6.04 Å². The fourth-order valence-corrected chi connectivity index (χ4v) is 2.87. The molecule has 2 unspecified atom stereocenters. The van der Waals surface area contributed by atoms with Crippen LogP contribution in [0.25, 0.3) is 0 Å². The predicted octanol–water partition coefficient (Wildman–Crippen LogP) is 0.213. The van der Waals surface area contributed by atoms with Gasteiger partial charge in [0.05, 0.1) is 19.1 Å². The summed E-state index contributed by atoms with van der Waals surface area (Å²) in [6, 6.07) is 0.313. The molecular weight excluding hydrogens is 242 g/mol. The standard InChI is InChI=1S/C14H27N3O2/c1-12-13(4-2-5-15-12)14(18)16-6-3-7-17-8-10-19-11-9-17/h12-13,15H,2-11H2,1H3,(H,16,18). The Kier molecular flexibility index (Phi) is 6.07. The van der Waals surface area contributed by atoms with Crippen LogP contribution in [-0.4, -0.2) is 62.8 Å². The molecule has 2 rings (SSSR count). The second-order valence-corrected chi connectivity index (χ2v) is 5.59. The predicted molar refractivity (Wildman–Crippen MR) is 75.1 cm³/mol. The maximum Gasteiger partial charge on any atom is 0.224 e. The van der Waals surface area contributed by atoms with Crippen molar-refractivity contribution in [3.63, 3.8) is 0 Å². The minimum atomic E-state index is 0.150. The Morgan fingerprint density at radius 2 is 2.21 bits per heavy atom. The lowest BCUT2D eigenvalue weighted by molar-refractivity contribution is -0.126. The second-order valence-electron chi connectivity index (χ2n) is 5.59. The van der Waals surface area contributed by atoms with E-state index in [2.05, 4.69) is 22.5 Å². The quantitative estimate of drug-likeness (QED) is 0.701. The third-order valence-corrected chi connectivity index (χ3v) is 4.15. The van der Waals surface area contributed by atoms with Crippen LogP contribution in [0.1, 0.15) is 26.2 Å². The van der Waals surface area contributed by atoms with Crippen LogP contribution in [0.5, 0.6) is 0 Å². The molecule has 2 N–H and O–H groups in total. The molecule has 110 valence electrons. The van der Waals surface area contributed by atoms with E-state index in [1.165, 1.54) is 0 Å². The molecule has 0 radical (unpaired) electrons. The summed E-state index contributed by atoms with van der Waals surface area (Å²) < 4.78 is 5.32. The Bertz CT molecular complexity index is 280. The molecule has 2 saturated heterocycles. The topological polar surface area (TPSA) is 53.6 Å². The first kappa shape index (κ1) is 14.8. The Balaban J connectivity index is 1.58. The van der Waals surface area contributed by atoms with E-state index in [1.54, 1.807) is 0 Å². The van der Waals surface area contributed by atoms with Gasteiger partial charge in [0.1, 0.15) is 0 Å². The van der Waals surface area contributed by atoms with Crippen LogP contribution in [0.3, 0.4) is 0 Å². The average molecular weight is 269 g/mol. The Morgan fingerprint density at radius 1 is 1.42 bits per heavy atom. The largest absolute Gasteiger partial charge is 0.379 e. The van der Waals surface area contributed by atoms with Crippen molar-refractivity contribution in [1.82, 2.24) is 15.5 Å². The number of hydrogen-bond donors (Lipinski definition) is 2. The summed E-state index contributed by atoms with van der Waals surface area (Å²) >= 11 is 0. The molecule has 5 nitrogen and oxygen atoms in total. The molecule has 2 aliphatic rings. The molecule has 2 heterocycles. The molecule has 0 aromatic carbocycles. The highest BCUT2D eigenvalue weighted by Crippen LogP contribution is 2.16. The summed E-state index contributed by atoms with van der Waals surface area (Å²) in [5, 5.41) is 6.46. The molecule has 2 atom stereocenters. The fraction of sp³-hybridized carbons (Fsp3) is 0.929. The van der Waals surface area contributed by atoms with Gasteiger partial charge in [-0.1, -0.05) is 0 Å². The highest BCUT2D eigenvalue weighted by molar-refractivity contribution is 5.79.